The summed E-state index contributed by atoms with van der Waals surface area (Å²) >= 11 is 1.71. The van der Waals surface area contributed by atoms with Gasteiger partial charge in [-0.15, -0.1) is 11.3 Å². The van der Waals surface area contributed by atoms with Crippen LogP contribution in [0, 0.1) is 6.92 Å². The maximum absolute atomic E-state index is 10.5. The van der Waals surface area contributed by atoms with E-state index in [1.807, 2.05) is 12.4 Å². The van der Waals surface area contributed by atoms with Crippen LogP contribution in [0.15, 0.2) is 5.51 Å². The Morgan fingerprint density at radius 1 is 1.50 bits per heavy atom. The van der Waals surface area contributed by atoms with Crippen molar-refractivity contribution in [2.75, 3.05) is 13.1 Å². The molecule has 16 heavy (non-hydrogen) atoms. The van der Waals surface area contributed by atoms with Crippen molar-refractivity contribution in [3.8, 4) is 0 Å². The van der Waals surface area contributed by atoms with Crippen LogP contribution < -0.4 is 11.1 Å². The highest BCUT2D eigenvalue weighted by Crippen LogP contribution is 2.11. The zero-order valence-electron chi connectivity index (χ0n) is 9.66. The van der Waals surface area contributed by atoms with E-state index in [0.29, 0.717) is 6.42 Å². The van der Waals surface area contributed by atoms with Crippen molar-refractivity contribution in [3.05, 3.63) is 16.1 Å². The minimum absolute atomic E-state index is 0.208. The molecule has 0 spiro atoms. The second kappa shape index (κ2) is 7.35. The van der Waals surface area contributed by atoms with E-state index in [0.717, 1.165) is 38.0 Å². The number of carbonyl (C=O) groups excluding carboxylic acids is 1. The molecule has 0 aliphatic heterocycles. The molecular weight excluding hydrogens is 222 g/mol. The number of primary amides is 1. The quantitative estimate of drug-likeness (QED) is 0.673. The Bertz CT molecular complexity index is 325. The zero-order chi connectivity index (χ0) is 11.8. The van der Waals surface area contributed by atoms with E-state index in [4.69, 9.17) is 5.73 Å². The fourth-order valence-corrected chi connectivity index (χ4v) is 2.22. The first kappa shape index (κ1) is 13.1. The Morgan fingerprint density at radius 2 is 2.31 bits per heavy atom. The third kappa shape index (κ3) is 5.23. The molecule has 0 aromatic carbocycles. The van der Waals surface area contributed by atoms with Crippen molar-refractivity contribution in [2.45, 2.75) is 32.6 Å². The van der Waals surface area contributed by atoms with E-state index in [1.54, 1.807) is 11.3 Å². The van der Waals surface area contributed by atoms with Crippen molar-refractivity contribution in [2.24, 2.45) is 5.73 Å². The summed E-state index contributed by atoms with van der Waals surface area (Å²) in [5.41, 5.74) is 8.08. The van der Waals surface area contributed by atoms with Gasteiger partial charge in [-0.05, 0) is 32.7 Å². The van der Waals surface area contributed by atoms with Crippen LogP contribution in [0.3, 0.4) is 0 Å². The van der Waals surface area contributed by atoms with Gasteiger partial charge in [0.25, 0.3) is 0 Å². The summed E-state index contributed by atoms with van der Waals surface area (Å²) in [7, 11) is 0. The third-order valence-electron chi connectivity index (χ3n) is 2.40. The lowest BCUT2D eigenvalue weighted by atomic mass is 10.2. The molecular formula is C11H19N3OS. The molecule has 0 aliphatic carbocycles. The molecule has 4 nitrogen and oxygen atoms in total. The lowest BCUT2D eigenvalue weighted by molar-refractivity contribution is -0.118. The van der Waals surface area contributed by atoms with Crippen molar-refractivity contribution in [1.29, 1.82) is 0 Å². The van der Waals surface area contributed by atoms with Crippen LogP contribution in [0.4, 0.5) is 0 Å². The van der Waals surface area contributed by atoms with Gasteiger partial charge < -0.3 is 11.1 Å². The first-order valence-corrected chi connectivity index (χ1v) is 6.46. The Kier molecular flexibility index (Phi) is 6.03. The van der Waals surface area contributed by atoms with E-state index in [-0.39, 0.29) is 5.91 Å². The molecule has 0 atom stereocenters. The molecule has 5 heteroatoms. The highest BCUT2D eigenvalue weighted by molar-refractivity contribution is 7.09. The molecule has 0 bridgehead atoms. The average Bonchev–Trinajstić information content (AvgIpc) is 2.62. The van der Waals surface area contributed by atoms with E-state index in [2.05, 4.69) is 10.3 Å². The molecule has 0 aliphatic rings. The molecule has 0 saturated carbocycles. The van der Waals surface area contributed by atoms with Crippen molar-refractivity contribution in [1.82, 2.24) is 10.3 Å². The first-order chi connectivity index (χ1) is 7.70. The van der Waals surface area contributed by atoms with Crippen LogP contribution in [-0.2, 0) is 11.2 Å². The smallest absolute Gasteiger partial charge is 0.217 e. The van der Waals surface area contributed by atoms with Crippen molar-refractivity contribution < 1.29 is 4.79 Å². The fourth-order valence-electron chi connectivity index (χ4n) is 1.44. The van der Waals surface area contributed by atoms with Gasteiger partial charge in [0, 0.05) is 17.8 Å². The van der Waals surface area contributed by atoms with Gasteiger partial charge in [-0.1, -0.05) is 0 Å². The number of nitrogens with two attached hydrogens (primary N) is 1. The van der Waals surface area contributed by atoms with Crippen LogP contribution in [0.2, 0.25) is 0 Å². The Labute approximate surface area is 100 Å². The molecule has 0 radical (unpaired) electrons. The standard InChI is InChI=1S/C11H19N3OS/c1-9-10(16-8-14-9)5-7-13-6-3-2-4-11(12)15/h8,13H,2-7H2,1H3,(H2,12,15). The minimum Gasteiger partial charge on any atom is -0.370 e. The first-order valence-electron chi connectivity index (χ1n) is 5.58. The molecule has 0 fully saturated rings. The van der Waals surface area contributed by atoms with Gasteiger partial charge in [-0.3, -0.25) is 4.79 Å². The highest BCUT2D eigenvalue weighted by Gasteiger charge is 2.00. The third-order valence-corrected chi connectivity index (χ3v) is 3.40. The van der Waals surface area contributed by atoms with Gasteiger partial charge >= 0.3 is 0 Å². The molecule has 3 N–H and O–H groups in total. The minimum atomic E-state index is -0.208. The molecule has 1 rings (SSSR count). The van der Waals surface area contributed by atoms with Crippen LogP contribution in [0.1, 0.15) is 29.8 Å². The second-order valence-corrected chi connectivity index (χ2v) is 4.72. The summed E-state index contributed by atoms with van der Waals surface area (Å²) in [5.74, 6) is -0.208. The van der Waals surface area contributed by atoms with E-state index in [1.165, 1.54) is 4.88 Å². The number of carbonyl (C=O) groups is 1. The maximum atomic E-state index is 10.5. The summed E-state index contributed by atoms with van der Waals surface area (Å²) in [6, 6.07) is 0. The van der Waals surface area contributed by atoms with E-state index >= 15 is 0 Å². The van der Waals surface area contributed by atoms with Crippen LogP contribution in [0.5, 0.6) is 0 Å². The number of hydrogen-bond donors (Lipinski definition) is 2. The summed E-state index contributed by atoms with van der Waals surface area (Å²) in [5, 5.41) is 3.35. The number of nitrogens with zero attached hydrogens (tertiary/aromatic N) is 1. The van der Waals surface area contributed by atoms with Gasteiger partial charge in [0.05, 0.1) is 11.2 Å². The molecule has 1 amide bonds. The van der Waals surface area contributed by atoms with Gasteiger partial charge in [0.15, 0.2) is 0 Å². The Hall–Kier alpha value is -0.940. The highest BCUT2D eigenvalue weighted by atomic mass is 32.1. The van der Waals surface area contributed by atoms with Crippen LogP contribution in [-0.4, -0.2) is 24.0 Å². The fraction of sp³-hybridized carbons (Fsp3) is 0.636. The lowest BCUT2D eigenvalue weighted by Gasteiger charge is -2.03. The molecule has 0 unspecified atom stereocenters. The van der Waals surface area contributed by atoms with E-state index in [9.17, 15) is 4.79 Å². The van der Waals surface area contributed by atoms with Crippen LogP contribution >= 0.6 is 11.3 Å². The summed E-state index contributed by atoms with van der Waals surface area (Å²) in [6.45, 7) is 3.96. The van der Waals surface area contributed by atoms with Gasteiger partial charge in [0.2, 0.25) is 5.91 Å². The number of aryl methyl sites for hydroxylation is 1. The lowest BCUT2D eigenvalue weighted by Crippen LogP contribution is -2.19. The van der Waals surface area contributed by atoms with Crippen LogP contribution in [0.25, 0.3) is 0 Å². The topological polar surface area (TPSA) is 68.0 Å². The number of rotatable bonds is 8. The molecule has 90 valence electrons. The number of aromatic nitrogens is 1. The SMILES string of the molecule is Cc1ncsc1CCNCCCCC(N)=O. The number of hydrogen-bond acceptors (Lipinski definition) is 4. The predicted molar refractivity (Wildman–Crippen MR) is 66.5 cm³/mol. The molecule has 1 heterocycles. The zero-order valence-corrected chi connectivity index (χ0v) is 10.5. The normalized spacial score (nSPS) is 10.6. The molecule has 0 saturated heterocycles. The number of amides is 1. The monoisotopic (exact) mass is 241 g/mol. The molecule has 1 aromatic heterocycles. The largest absolute Gasteiger partial charge is 0.370 e. The Balaban J connectivity index is 1.96. The summed E-state index contributed by atoms with van der Waals surface area (Å²) < 4.78 is 0. The van der Waals surface area contributed by atoms with Crippen molar-refractivity contribution in [3.63, 3.8) is 0 Å². The Morgan fingerprint density at radius 3 is 2.94 bits per heavy atom. The van der Waals surface area contributed by atoms with Gasteiger partial charge in [-0.2, -0.15) is 0 Å². The summed E-state index contributed by atoms with van der Waals surface area (Å²) in [6.07, 6.45) is 3.41. The van der Waals surface area contributed by atoms with E-state index < -0.39 is 0 Å². The second-order valence-electron chi connectivity index (χ2n) is 3.78. The van der Waals surface area contributed by atoms with Gasteiger partial charge in [-0.25, -0.2) is 4.98 Å². The number of nitrogens with one attached hydrogen (secondary N) is 1. The number of unbranched alkanes of at least 4 members (excludes halogenated alkanes) is 1. The van der Waals surface area contributed by atoms with Gasteiger partial charge in [0.1, 0.15) is 0 Å². The summed E-state index contributed by atoms with van der Waals surface area (Å²) in [4.78, 5) is 16.0. The number of thiazole rings is 1. The molecule has 1 aromatic rings. The van der Waals surface area contributed by atoms with Crippen molar-refractivity contribution >= 4 is 17.2 Å². The average molecular weight is 241 g/mol. The predicted octanol–water partition coefficient (Wildman–Crippen LogP) is 1.24. The maximum Gasteiger partial charge on any atom is 0.217 e.